The van der Waals surface area contributed by atoms with Crippen LogP contribution in [0, 0.1) is 0 Å². The monoisotopic (exact) mass is 117 g/mol. The molecule has 0 unspecified atom stereocenters. The van der Waals surface area contributed by atoms with Gasteiger partial charge in [-0.3, -0.25) is 4.79 Å². The van der Waals surface area contributed by atoms with E-state index in [1.165, 1.54) is 0 Å². The number of carbonyl (C=O) groups is 1. The average Bonchev–Trinajstić information content (AvgIpc) is 1.84. The summed E-state index contributed by atoms with van der Waals surface area (Å²) in [5.41, 5.74) is 3.46. The van der Waals surface area contributed by atoms with E-state index in [2.05, 4.69) is 5.73 Å². The fourth-order valence-electron chi connectivity index (χ4n) is 0.367. The predicted octanol–water partition coefficient (Wildman–Crippen LogP) is -1.29. The Kier molecular flexibility index (Phi) is 3.19. The molecule has 48 valence electrons. The van der Waals surface area contributed by atoms with Gasteiger partial charge in [-0.2, -0.15) is 0 Å². The molecule has 0 aromatic carbocycles. The molecule has 0 rings (SSSR count). The summed E-state index contributed by atoms with van der Waals surface area (Å²) < 4.78 is 0. The molecule has 0 spiro atoms. The molecule has 0 radical (unpaired) electrons. The van der Waals surface area contributed by atoms with Crippen LogP contribution in [0.3, 0.4) is 0 Å². The second-order valence-corrected chi connectivity index (χ2v) is 1.66. The highest BCUT2D eigenvalue weighted by Crippen LogP contribution is 1.77. The Hall–Kier alpha value is -0.570. The molecule has 0 atom stereocenters. The van der Waals surface area contributed by atoms with Gasteiger partial charge in [-0.05, 0) is 6.92 Å². The van der Waals surface area contributed by atoms with E-state index >= 15 is 0 Å². The van der Waals surface area contributed by atoms with Gasteiger partial charge in [0.15, 0.2) is 6.54 Å². The van der Waals surface area contributed by atoms with E-state index in [-0.39, 0.29) is 5.91 Å². The van der Waals surface area contributed by atoms with Crippen molar-refractivity contribution < 1.29 is 10.5 Å². The van der Waals surface area contributed by atoms with Crippen LogP contribution in [0.5, 0.6) is 0 Å². The van der Waals surface area contributed by atoms with Crippen LogP contribution < -0.4 is 5.73 Å². The minimum Gasteiger partial charge on any atom is -0.350 e. The van der Waals surface area contributed by atoms with E-state index in [0.717, 1.165) is 6.54 Å². The summed E-state index contributed by atoms with van der Waals surface area (Å²) in [6.45, 7) is 3.08. The van der Waals surface area contributed by atoms with Crippen LogP contribution in [0.15, 0.2) is 0 Å². The Labute approximate surface area is 49.5 Å². The lowest BCUT2D eigenvalue weighted by atomic mass is 10.5. The molecule has 0 heterocycles. The molecule has 1 amide bonds. The Balaban J connectivity index is 3.46. The second kappa shape index (κ2) is 3.43. The molecule has 0 aliphatic heterocycles. The van der Waals surface area contributed by atoms with Crippen molar-refractivity contribution in [3.63, 3.8) is 0 Å². The van der Waals surface area contributed by atoms with Crippen molar-refractivity contribution in [2.45, 2.75) is 6.92 Å². The lowest BCUT2D eigenvalue weighted by Crippen LogP contribution is -2.57. The van der Waals surface area contributed by atoms with Gasteiger partial charge in [0.05, 0.1) is 0 Å². The minimum atomic E-state index is 0.104. The molecule has 0 aliphatic carbocycles. The molecule has 0 fully saturated rings. The number of amides is 1. The molecule has 0 aromatic heterocycles. The van der Waals surface area contributed by atoms with Crippen LogP contribution in [0.4, 0.5) is 0 Å². The van der Waals surface area contributed by atoms with Gasteiger partial charge < -0.3 is 10.6 Å². The van der Waals surface area contributed by atoms with Crippen molar-refractivity contribution >= 4 is 5.91 Å². The zero-order valence-electron chi connectivity index (χ0n) is 5.48. The summed E-state index contributed by atoms with van der Waals surface area (Å²) in [5.74, 6) is 0.104. The predicted molar refractivity (Wildman–Crippen MR) is 31.1 cm³/mol. The van der Waals surface area contributed by atoms with E-state index in [1.807, 2.05) is 6.92 Å². The molecule has 0 aliphatic rings. The molecule has 3 N–H and O–H groups in total. The van der Waals surface area contributed by atoms with Crippen molar-refractivity contribution in [1.29, 1.82) is 0 Å². The topological polar surface area (TPSA) is 48.0 Å². The molecule has 0 aromatic rings. The van der Waals surface area contributed by atoms with Gasteiger partial charge in [-0.1, -0.05) is 0 Å². The first kappa shape index (κ1) is 7.43. The lowest BCUT2D eigenvalue weighted by molar-refractivity contribution is -0.356. The number of carbonyl (C=O) groups excluding carboxylic acids is 1. The summed E-state index contributed by atoms with van der Waals surface area (Å²) >= 11 is 0. The highest BCUT2D eigenvalue weighted by molar-refractivity contribution is 5.76. The van der Waals surface area contributed by atoms with Gasteiger partial charge in [-0.25, -0.2) is 0 Å². The van der Waals surface area contributed by atoms with E-state index in [4.69, 9.17) is 0 Å². The lowest BCUT2D eigenvalue weighted by Gasteiger charge is -2.10. The van der Waals surface area contributed by atoms with Crippen LogP contribution in [0.1, 0.15) is 6.92 Å². The third kappa shape index (κ3) is 1.93. The van der Waals surface area contributed by atoms with Crippen molar-refractivity contribution in [2.24, 2.45) is 0 Å². The summed E-state index contributed by atoms with van der Waals surface area (Å²) in [4.78, 5) is 12.3. The molecule has 3 nitrogen and oxygen atoms in total. The van der Waals surface area contributed by atoms with E-state index < -0.39 is 0 Å². The smallest absolute Gasteiger partial charge is 0.277 e. The van der Waals surface area contributed by atoms with Gasteiger partial charge in [0.2, 0.25) is 0 Å². The van der Waals surface area contributed by atoms with Gasteiger partial charge in [-0.15, -0.1) is 0 Å². The van der Waals surface area contributed by atoms with Crippen LogP contribution in [-0.2, 0) is 4.79 Å². The normalized spacial score (nSPS) is 8.88. The Morgan fingerprint density at radius 3 is 2.38 bits per heavy atom. The number of nitrogens with zero attached hydrogens (tertiary/aromatic N) is 1. The van der Waals surface area contributed by atoms with Crippen molar-refractivity contribution in [2.75, 3.05) is 20.1 Å². The molecule has 0 saturated heterocycles. The van der Waals surface area contributed by atoms with Gasteiger partial charge in [0, 0.05) is 13.6 Å². The Morgan fingerprint density at radius 2 is 2.25 bits per heavy atom. The second-order valence-electron chi connectivity index (χ2n) is 1.66. The Bertz CT molecular complexity index is 82.5. The number of quaternary nitrogens is 1. The first-order valence-electron chi connectivity index (χ1n) is 2.75. The third-order valence-electron chi connectivity index (χ3n) is 1.11. The largest absolute Gasteiger partial charge is 0.350 e. The van der Waals surface area contributed by atoms with E-state index in [1.54, 1.807) is 11.9 Å². The maximum atomic E-state index is 10.6. The molecule has 0 saturated carbocycles. The molecule has 0 bridgehead atoms. The standard InChI is InChI=1S/C5H12N2O/c1-3-7(2)5(8)4-6/h3-4,6H2,1-2H3/p+1. The first-order chi connectivity index (χ1) is 3.72. The number of hydrogen-bond acceptors (Lipinski definition) is 1. The number of rotatable bonds is 2. The third-order valence-corrected chi connectivity index (χ3v) is 1.11. The molecule has 8 heavy (non-hydrogen) atoms. The van der Waals surface area contributed by atoms with E-state index in [0.29, 0.717) is 6.54 Å². The fourth-order valence-corrected chi connectivity index (χ4v) is 0.367. The molecular formula is C5H13N2O+. The summed E-state index contributed by atoms with van der Waals surface area (Å²) in [6, 6.07) is 0. The van der Waals surface area contributed by atoms with Crippen LogP contribution in [0.25, 0.3) is 0 Å². The zero-order chi connectivity index (χ0) is 6.57. The van der Waals surface area contributed by atoms with Crippen molar-refractivity contribution in [1.82, 2.24) is 4.90 Å². The first-order valence-corrected chi connectivity index (χ1v) is 2.75. The molecule has 3 heteroatoms. The van der Waals surface area contributed by atoms with Crippen LogP contribution in [0.2, 0.25) is 0 Å². The van der Waals surface area contributed by atoms with Gasteiger partial charge >= 0.3 is 0 Å². The quantitative estimate of drug-likeness (QED) is 0.480. The minimum absolute atomic E-state index is 0.104. The number of hydrogen-bond donors (Lipinski definition) is 1. The summed E-state index contributed by atoms with van der Waals surface area (Å²) in [7, 11) is 1.77. The fraction of sp³-hybridized carbons (Fsp3) is 0.800. The summed E-state index contributed by atoms with van der Waals surface area (Å²) in [6.07, 6.45) is 0. The van der Waals surface area contributed by atoms with Crippen LogP contribution in [-0.4, -0.2) is 30.9 Å². The summed E-state index contributed by atoms with van der Waals surface area (Å²) in [5, 5.41) is 0. The van der Waals surface area contributed by atoms with E-state index in [9.17, 15) is 4.79 Å². The van der Waals surface area contributed by atoms with Gasteiger partial charge in [0.25, 0.3) is 5.91 Å². The maximum absolute atomic E-state index is 10.6. The SMILES string of the molecule is CCN(C)C(=O)C[NH3+]. The van der Waals surface area contributed by atoms with Crippen molar-refractivity contribution in [3.05, 3.63) is 0 Å². The average molecular weight is 117 g/mol. The maximum Gasteiger partial charge on any atom is 0.277 e. The molecular weight excluding hydrogens is 104 g/mol. The number of likely N-dealkylation sites (N-methyl/N-ethyl adjacent to an activating group) is 1. The van der Waals surface area contributed by atoms with Gasteiger partial charge in [0.1, 0.15) is 0 Å². The zero-order valence-corrected chi connectivity index (χ0v) is 5.48. The van der Waals surface area contributed by atoms with Crippen LogP contribution >= 0.6 is 0 Å². The highest BCUT2D eigenvalue weighted by Gasteiger charge is 2.02. The van der Waals surface area contributed by atoms with Crippen molar-refractivity contribution in [3.8, 4) is 0 Å². The highest BCUT2D eigenvalue weighted by atomic mass is 16.2. The Morgan fingerprint density at radius 1 is 1.75 bits per heavy atom.